The highest BCUT2D eigenvalue weighted by molar-refractivity contribution is 5.90. The highest BCUT2D eigenvalue weighted by Gasteiger charge is 2.26. The van der Waals surface area contributed by atoms with Crippen LogP contribution in [-0.2, 0) is 16.1 Å². The fourth-order valence-electron chi connectivity index (χ4n) is 2.44. The summed E-state index contributed by atoms with van der Waals surface area (Å²) in [7, 11) is 0. The van der Waals surface area contributed by atoms with E-state index in [0.717, 1.165) is 5.56 Å². The first kappa shape index (κ1) is 16.0. The minimum absolute atomic E-state index is 0.0857. The summed E-state index contributed by atoms with van der Waals surface area (Å²) in [6.07, 6.45) is 0.933. The third kappa shape index (κ3) is 4.10. The Morgan fingerprint density at radius 3 is 2.33 bits per heavy atom. The summed E-state index contributed by atoms with van der Waals surface area (Å²) in [5, 5.41) is 5.43. The van der Waals surface area contributed by atoms with E-state index in [2.05, 4.69) is 10.6 Å². The molecule has 2 N–H and O–H groups in total. The van der Waals surface area contributed by atoms with Gasteiger partial charge in [0.2, 0.25) is 11.8 Å². The van der Waals surface area contributed by atoms with Crippen LogP contribution in [0.5, 0.6) is 11.5 Å². The molecule has 0 saturated carbocycles. The first-order chi connectivity index (χ1) is 11.6. The van der Waals surface area contributed by atoms with Crippen LogP contribution in [0.3, 0.4) is 0 Å². The van der Waals surface area contributed by atoms with Crippen molar-refractivity contribution in [1.82, 2.24) is 10.6 Å². The molecule has 124 valence electrons. The molecule has 1 fully saturated rings. The number of rotatable bonds is 5. The molecule has 2 aromatic rings. The van der Waals surface area contributed by atoms with Crippen molar-refractivity contribution in [2.45, 2.75) is 25.4 Å². The van der Waals surface area contributed by atoms with Gasteiger partial charge < -0.3 is 15.4 Å². The Bertz CT molecular complexity index is 729. The third-order valence-corrected chi connectivity index (χ3v) is 3.75. The normalized spacial score (nSPS) is 16.5. The van der Waals surface area contributed by atoms with Gasteiger partial charge in [0.15, 0.2) is 0 Å². The van der Waals surface area contributed by atoms with Crippen molar-refractivity contribution in [3.8, 4) is 11.5 Å². The standard InChI is InChI=1S/C18H17FN2O3/c19-13-3-7-15(8-4-13)24-14-5-1-12(2-6-14)11-20-18(23)16-9-10-17(22)21-16/h1-8,16H,9-11H2,(H,20,23)(H,21,22)/t16-/m1/s1. The molecule has 2 aromatic carbocycles. The summed E-state index contributed by atoms with van der Waals surface area (Å²) in [4.78, 5) is 23.0. The van der Waals surface area contributed by atoms with Gasteiger partial charge in [0.05, 0.1) is 0 Å². The Hall–Kier alpha value is -2.89. The van der Waals surface area contributed by atoms with Gasteiger partial charge in [-0.05, 0) is 48.4 Å². The van der Waals surface area contributed by atoms with Gasteiger partial charge in [-0.1, -0.05) is 12.1 Å². The second-order valence-electron chi connectivity index (χ2n) is 5.58. The van der Waals surface area contributed by atoms with E-state index < -0.39 is 6.04 Å². The predicted octanol–water partition coefficient (Wildman–Crippen LogP) is 2.51. The van der Waals surface area contributed by atoms with Crippen LogP contribution in [-0.4, -0.2) is 17.9 Å². The maximum atomic E-state index is 12.8. The van der Waals surface area contributed by atoms with Gasteiger partial charge >= 0.3 is 0 Å². The molecule has 0 radical (unpaired) electrons. The molecule has 24 heavy (non-hydrogen) atoms. The largest absolute Gasteiger partial charge is 0.457 e. The molecule has 1 aliphatic heterocycles. The van der Waals surface area contributed by atoms with Crippen LogP contribution in [0.2, 0.25) is 0 Å². The molecule has 5 nitrogen and oxygen atoms in total. The molecule has 1 aliphatic rings. The van der Waals surface area contributed by atoms with Crippen LogP contribution < -0.4 is 15.4 Å². The zero-order chi connectivity index (χ0) is 16.9. The molecule has 0 aliphatic carbocycles. The number of benzene rings is 2. The fraction of sp³-hybridized carbons (Fsp3) is 0.222. The quantitative estimate of drug-likeness (QED) is 0.886. The van der Waals surface area contributed by atoms with E-state index in [1.807, 2.05) is 12.1 Å². The summed E-state index contributed by atoms with van der Waals surface area (Å²) < 4.78 is 18.5. The number of hydrogen-bond acceptors (Lipinski definition) is 3. The third-order valence-electron chi connectivity index (χ3n) is 3.75. The first-order valence-corrected chi connectivity index (χ1v) is 7.69. The summed E-state index contributed by atoms with van der Waals surface area (Å²) in [6.45, 7) is 0.377. The van der Waals surface area contributed by atoms with E-state index in [-0.39, 0.29) is 17.6 Å². The molecule has 3 rings (SSSR count). The SMILES string of the molecule is O=C1CC[C@H](C(=O)NCc2ccc(Oc3ccc(F)cc3)cc2)N1. The number of nitrogens with one attached hydrogen (secondary N) is 2. The van der Waals surface area contributed by atoms with Crippen LogP contribution in [0.15, 0.2) is 48.5 Å². The summed E-state index contributed by atoms with van der Waals surface area (Å²) in [5.74, 6) is 0.603. The van der Waals surface area contributed by atoms with E-state index in [4.69, 9.17) is 4.74 Å². The summed E-state index contributed by atoms with van der Waals surface area (Å²) in [6, 6.07) is 12.6. The lowest BCUT2D eigenvalue weighted by atomic mass is 10.2. The van der Waals surface area contributed by atoms with Gasteiger partial charge in [-0.2, -0.15) is 0 Å². The van der Waals surface area contributed by atoms with Crippen molar-refractivity contribution in [3.05, 3.63) is 59.9 Å². The highest BCUT2D eigenvalue weighted by atomic mass is 19.1. The average molecular weight is 328 g/mol. The van der Waals surface area contributed by atoms with Crippen LogP contribution >= 0.6 is 0 Å². The average Bonchev–Trinajstić information content (AvgIpc) is 3.03. The monoisotopic (exact) mass is 328 g/mol. The van der Waals surface area contributed by atoms with Crippen molar-refractivity contribution in [2.75, 3.05) is 0 Å². The Balaban J connectivity index is 1.52. The van der Waals surface area contributed by atoms with Gasteiger partial charge in [-0.15, -0.1) is 0 Å². The van der Waals surface area contributed by atoms with Gasteiger partial charge in [0.25, 0.3) is 0 Å². The topological polar surface area (TPSA) is 67.4 Å². The molecule has 6 heteroatoms. The van der Waals surface area contributed by atoms with Gasteiger partial charge in [-0.25, -0.2) is 4.39 Å². The number of ether oxygens (including phenoxy) is 1. The lowest BCUT2D eigenvalue weighted by Crippen LogP contribution is -2.41. The second kappa shape index (κ2) is 7.12. The van der Waals surface area contributed by atoms with E-state index in [0.29, 0.717) is 30.9 Å². The number of carbonyl (C=O) groups is 2. The van der Waals surface area contributed by atoms with Gasteiger partial charge in [0.1, 0.15) is 23.4 Å². The zero-order valence-corrected chi connectivity index (χ0v) is 12.9. The molecule has 2 amide bonds. The lowest BCUT2D eigenvalue weighted by Gasteiger charge is -2.11. The highest BCUT2D eigenvalue weighted by Crippen LogP contribution is 2.21. The van der Waals surface area contributed by atoms with Crippen LogP contribution in [0.1, 0.15) is 18.4 Å². The van der Waals surface area contributed by atoms with E-state index in [1.54, 1.807) is 24.3 Å². The lowest BCUT2D eigenvalue weighted by molar-refractivity contribution is -0.125. The smallest absolute Gasteiger partial charge is 0.242 e. The fourth-order valence-corrected chi connectivity index (χ4v) is 2.44. The Morgan fingerprint density at radius 1 is 1.12 bits per heavy atom. The molecule has 0 unspecified atom stereocenters. The number of amides is 2. The van der Waals surface area contributed by atoms with Gasteiger partial charge in [-0.3, -0.25) is 9.59 Å². The number of hydrogen-bond donors (Lipinski definition) is 2. The minimum Gasteiger partial charge on any atom is -0.457 e. The van der Waals surface area contributed by atoms with E-state index >= 15 is 0 Å². The first-order valence-electron chi connectivity index (χ1n) is 7.69. The van der Waals surface area contributed by atoms with Crippen molar-refractivity contribution in [2.24, 2.45) is 0 Å². The molecule has 1 saturated heterocycles. The maximum Gasteiger partial charge on any atom is 0.242 e. The van der Waals surface area contributed by atoms with Crippen LogP contribution in [0.4, 0.5) is 4.39 Å². The van der Waals surface area contributed by atoms with Crippen LogP contribution in [0, 0.1) is 5.82 Å². The number of carbonyl (C=O) groups excluding carboxylic acids is 2. The van der Waals surface area contributed by atoms with Crippen molar-refractivity contribution >= 4 is 11.8 Å². The Kier molecular flexibility index (Phi) is 4.74. The molecular weight excluding hydrogens is 311 g/mol. The molecular formula is C18H17FN2O3. The van der Waals surface area contributed by atoms with Crippen molar-refractivity contribution < 1.29 is 18.7 Å². The molecule has 0 aromatic heterocycles. The molecule has 0 bridgehead atoms. The van der Waals surface area contributed by atoms with Crippen molar-refractivity contribution in [1.29, 1.82) is 0 Å². The molecule has 1 heterocycles. The number of halogens is 1. The second-order valence-corrected chi connectivity index (χ2v) is 5.58. The summed E-state index contributed by atoms with van der Waals surface area (Å²) >= 11 is 0. The predicted molar refractivity (Wildman–Crippen MR) is 85.9 cm³/mol. The van der Waals surface area contributed by atoms with Crippen molar-refractivity contribution in [3.63, 3.8) is 0 Å². The summed E-state index contributed by atoms with van der Waals surface area (Å²) in [5.41, 5.74) is 0.916. The molecule has 1 atom stereocenters. The minimum atomic E-state index is -0.432. The van der Waals surface area contributed by atoms with Crippen LogP contribution in [0.25, 0.3) is 0 Å². The maximum absolute atomic E-state index is 12.8. The van der Waals surface area contributed by atoms with Gasteiger partial charge in [0, 0.05) is 13.0 Å². The molecule has 0 spiro atoms. The van der Waals surface area contributed by atoms with E-state index in [9.17, 15) is 14.0 Å². The zero-order valence-electron chi connectivity index (χ0n) is 12.9. The Labute approximate surface area is 138 Å². The Morgan fingerprint density at radius 2 is 1.75 bits per heavy atom. The van der Waals surface area contributed by atoms with E-state index in [1.165, 1.54) is 12.1 Å².